The fraction of sp³-hybridized carbons (Fsp3) is 0.357. The lowest BCUT2D eigenvalue weighted by Gasteiger charge is -2.14. The van der Waals surface area contributed by atoms with Crippen molar-refractivity contribution in [2.45, 2.75) is 29.9 Å². The van der Waals surface area contributed by atoms with E-state index in [9.17, 15) is 13.4 Å². The lowest BCUT2D eigenvalue weighted by molar-refractivity contribution is 0.600. The Hall–Kier alpha value is -1.89. The topological polar surface area (TPSA) is 67.2 Å². The molecule has 1 N–H and O–H groups in total. The van der Waals surface area contributed by atoms with E-state index < -0.39 is 21.2 Å². The Labute approximate surface area is 122 Å². The third-order valence-corrected chi connectivity index (χ3v) is 6.78. The van der Waals surface area contributed by atoms with Crippen molar-refractivity contribution in [3.8, 4) is 5.69 Å². The summed E-state index contributed by atoms with van der Waals surface area (Å²) < 4.78 is 32.8. The molecule has 3 rings (SSSR count). The molecule has 1 aliphatic carbocycles. The van der Waals surface area contributed by atoms with Gasteiger partial charge in [-0.3, -0.25) is 4.57 Å². The first-order valence-corrected chi connectivity index (χ1v) is 8.26. The number of nitrogens with zero attached hydrogens (tertiary/aromatic N) is 2. The molecule has 1 aromatic carbocycles. The van der Waals surface area contributed by atoms with Gasteiger partial charge in [0.2, 0.25) is 0 Å². The first-order chi connectivity index (χ1) is 9.99. The Kier molecular flexibility index (Phi) is 3.24. The van der Waals surface area contributed by atoms with Crippen LogP contribution >= 0.6 is 0 Å². The number of imidazole rings is 1. The summed E-state index contributed by atoms with van der Waals surface area (Å²) in [6.07, 6.45) is 4.62. The normalized spacial score (nSPS) is 17.5. The summed E-state index contributed by atoms with van der Waals surface area (Å²) in [5.41, 5.74) is 0.0309. The zero-order valence-electron chi connectivity index (χ0n) is 11.8. The Morgan fingerprint density at radius 1 is 1.43 bits per heavy atom. The number of nitrogens with one attached hydrogen (secondary N) is 1. The van der Waals surface area contributed by atoms with Crippen molar-refractivity contribution in [3.63, 3.8) is 0 Å². The standard InChI is InChI=1S/C14H16FN3O2S/c1-9-12(21(20,16-2)10-3-4-10)6-5-11(13(9)15)18-8-7-17-14(18)19/h5-8,10H,3-4H2,1-2H3,(H,17,19). The molecule has 21 heavy (non-hydrogen) atoms. The molecule has 2 aromatic rings. The van der Waals surface area contributed by atoms with E-state index in [1.165, 1.54) is 30.1 Å². The number of H-pyrrole nitrogens is 1. The van der Waals surface area contributed by atoms with Crippen LogP contribution in [0.3, 0.4) is 0 Å². The molecule has 0 saturated heterocycles. The number of halogens is 1. The Bertz CT molecular complexity index is 871. The highest BCUT2D eigenvalue weighted by molar-refractivity contribution is 7.94. The molecular formula is C14H16FN3O2S. The molecule has 0 radical (unpaired) electrons. The summed E-state index contributed by atoms with van der Waals surface area (Å²) in [7, 11) is -1.05. The quantitative estimate of drug-likeness (QED) is 0.944. The molecule has 0 spiro atoms. The smallest absolute Gasteiger partial charge is 0.312 e. The van der Waals surface area contributed by atoms with E-state index >= 15 is 0 Å². The van der Waals surface area contributed by atoms with Crippen LogP contribution in [0, 0.1) is 12.7 Å². The fourth-order valence-corrected chi connectivity index (χ4v) is 4.90. The zero-order chi connectivity index (χ0) is 15.2. The maximum absolute atomic E-state index is 14.6. The number of hydrogen-bond donors (Lipinski definition) is 1. The molecule has 1 aromatic heterocycles. The minimum absolute atomic E-state index is 0.0152. The molecule has 0 amide bonds. The van der Waals surface area contributed by atoms with Gasteiger partial charge in [-0.15, -0.1) is 0 Å². The summed E-state index contributed by atoms with van der Waals surface area (Å²) in [5.74, 6) is -0.536. The Morgan fingerprint density at radius 2 is 2.14 bits per heavy atom. The average Bonchev–Trinajstić information content (AvgIpc) is 3.25. The van der Waals surface area contributed by atoms with Gasteiger partial charge in [0.25, 0.3) is 0 Å². The third kappa shape index (κ3) is 2.12. The Balaban J connectivity index is 2.20. The lowest BCUT2D eigenvalue weighted by atomic mass is 10.2. The van der Waals surface area contributed by atoms with Gasteiger partial charge in [-0.2, -0.15) is 0 Å². The maximum Gasteiger partial charge on any atom is 0.330 e. The minimum atomic E-state index is -2.57. The molecule has 5 nitrogen and oxygen atoms in total. The van der Waals surface area contributed by atoms with Crippen molar-refractivity contribution >= 4 is 9.73 Å². The monoisotopic (exact) mass is 309 g/mol. The second-order valence-corrected chi connectivity index (χ2v) is 7.72. The summed E-state index contributed by atoms with van der Waals surface area (Å²) in [4.78, 5) is 14.5. The molecule has 0 bridgehead atoms. The summed E-state index contributed by atoms with van der Waals surface area (Å²) in [6.45, 7) is 1.58. The van der Waals surface area contributed by atoms with Crippen LogP contribution in [0.25, 0.3) is 5.69 Å². The van der Waals surface area contributed by atoms with Gasteiger partial charge in [-0.25, -0.2) is 17.8 Å². The molecular weight excluding hydrogens is 293 g/mol. The van der Waals surface area contributed by atoms with Crippen molar-refractivity contribution in [1.29, 1.82) is 0 Å². The molecule has 112 valence electrons. The number of aromatic amines is 1. The second-order valence-electron chi connectivity index (χ2n) is 5.11. The van der Waals surface area contributed by atoms with Crippen LogP contribution in [0.4, 0.5) is 4.39 Å². The van der Waals surface area contributed by atoms with E-state index in [0.717, 1.165) is 12.8 Å². The van der Waals surface area contributed by atoms with E-state index in [4.69, 9.17) is 0 Å². The van der Waals surface area contributed by atoms with Crippen molar-refractivity contribution in [1.82, 2.24) is 9.55 Å². The number of aromatic nitrogens is 2. The Morgan fingerprint density at radius 3 is 2.67 bits per heavy atom. The summed E-state index contributed by atoms with van der Waals surface area (Å²) in [5, 5.41) is 0.0152. The highest BCUT2D eigenvalue weighted by Crippen LogP contribution is 2.37. The van der Waals surface area contributed by atoms with E-state index in [2.05, 4.69) is 9.35 Å². The van der Waals surface area contributed by atoms with Crippen LogP contribution in [0.15, 0.2) is 38.6 Å². The van der Waals surface area contributed by atoms with Crippen LogP contribution in [-0.4, -0.2) is 26.1 Å². The van der Waals surface area contributed by atoms with Gasteiger partial charge in [0.15, 0.2) is 5.82 Å². The highest BCUT2D eigenvalue weighted by atomic mass is 32.2. The van der Waals surface area contributed by atoms with Crippen molar-refractivity contribution in [3.05, 3.63) is 46.4 Å². The van der Waals surface area contributed by atoms with E-state index in [1.54, 1.807) is 13.0 Å². The van der Waals surface area contributed by atoms with E-state index in [1.807, 2.05) is 0 Å². The van der Waals surface area contributed by atoms with Crippen LogP contribution in [0.5, 0.6) is 0 Å². The van der Waals surface area contributed by atoms with Crippen molar-refractivity contribution < 1.29 is 8.60 Å². The first kappa shape index (κ1) is 14.1. The number of rotatable bonds is 3. The molecule has 1 atom stereocenters. The summed E-state index contributed by atoms with van der Waals surface area (Å²) in [6, 6.07) is 3.11. The summed E-state index contributed by atoms with van der Waals surface area (Å²) >= 11 is 0. The predicted molar refractivity (Wildman–Crippen MR) is 78.9 cm³/mol. The van der Waals surface area contributed by atoms with E-state index in [-0.39, 0.29) is 10.9 Å². The molecule has 1 saturated carbocycles. The van der Waals surface area contributed by atoms with Gasteiger partial charge in [0, 0.05) is 30.3 Å². The maximum atomic E-state index is 14.6. The fourth-order valence-electron chi connectivity index (χ4n) is 2.48. The second kappa shape index (κ2) is 4.84. The average molecular weight is 309 g/mol. The van der Waals surface area contributed by atoms with E-state index in [0.29, 0.717) is 10.5 Å². The first-order valence-electron chi connectivity index (χ1n) is 6.68. The van der Waals surface area contributed by atoms with Crippen LogP contribution in [-0.2, 0) is 9.73 Å². The van der Waals surface area contributed by atoms with Crippen molar-refractivity contribution in [2.24, 2.45) is 4.36 Å². The lowest BCUT2D eigenvalue weighted by Crippen LogP contribution is -2.17. The molecule has 1 heterocycles. The van der Waals surface area contributed by atoms with Crippen LogP contribution in [0.1, 0.15) is 18.4 Å². The SMILES string of the molecule is CN=S(=O)(c1ccc(-n2cc[nH]c2=O)c(F)c1C)C1CC1. The molecule has 7 heteroatoms. The predicted octanol–water partition coefficient (Wildman–Crippen LogP) is 2.23. The van der Waals surface area contributed by atoms with Gasteiger partial charge in [-0.05, 0) is 31.9 Å². The third-order valence-electron chi connectivity index (χ3n) is 3.79. The van der Waals surface area contributed by atoms with Gasteiger partial charge < -0.3 is 4.98 Å². The minimum Gasteiger partial charge on any atom is -0.312 e. The highest BCUT2D eigenvalue weighted by Gasteiger charge is 2.36. The van der Waals surface area contributed by atoms with Crippen LogP contribution in [0.2, 0.25) is 0 Å². The van der Waals surface area contributed by atoms with Gasteiger partial charge >= 0.3 is 5.69 Å². The van der Waals surface area contributed by atoms with Gasteiger partial charge in [0.05, 0.1) is 20.3 Å². The molecule has 1 unspecified atom stereocenters. The number of hydrogen-bond acceptors (Lipinski definition) is 3. The zero-order valence-corrected chi connectivity index (χ0v) is 12.6. The molecule has 0 aliphatic heterocycles. The van der Waals surface area contributed by atoms with Crippen molar-refractivity contribution in [2.75, 3.05) is 7.05 Å². The van der Waals surface area contributed by atoms with Gasteiger partial charge in [0.1, 0.15) is 0 Å². The van der Waals surface area contributed by atoms with Crippen LogP contribution < -0.4 is 5.69 Å². The van der Waals surface area contributed by atoms with Gasteiger partial charge in [-0.1, -0.05) is 0 Å². The number of benzene rings is 1. The molecule has 1 fully saturated rings. The largest absolute Gasteiger partial charge is 0.330 e. The molecule has 1 aliphatic rings.